The summed E-state index contributed by atoms with van der Waals surface area (Å²) in [5.74, 6) is 1.33. The van der Waals surface area contributed by atoms with Crippen molar-refractivity contribution in [2.45, 2.75) is 123 Å². The number of fused-ring (bicyclic) bond motifs is 3. The van der Waals surface area contributed by atoms with Crippen molar-refractivity contribution in [3.05, 3.63) is 253 Å². The lowest BCUT2D eigenvalue weighted by Crippen LogP contribution is -2.26. The second kappa shape index (κ2) is 25.1. The van der Waals surface area contributed by atoms with Crippen LogP contribution in [0.1, 0.15) is 133 Å². The van der Waals surface area contributed by atoms with E-state index in [0.717, 1.165) is 47.5 Å². The molecule has 0 amide bonds. The molecule has 0 radical (unpaired) electrons. The van der Waals surface area contributed by atoms with Crippen molar-refractivity contribution in [1.82, 2.24) is 0 Å². The van der Waals surface area contributed by atoms with E-state index in [-0.39, 0.29) is 10.8 Å². The minimum absolute atomic E-state index is 0.111. The maximum Gasteiger partial charge on any atom is 0.126 e. The maximum absolute atomic E-state index is 5.52. The average Bonchev–Trinajstić information content (AvgIpc) is 4.01. The van der Waals surface area contributed by atoms with E-state index >= 15 is 0 Å². The van der Waals surface area contributed by atoms with Gasteiger partial charge in [-0.2, -0.15) is 0 Å². The first-order chi connectivity index (χ1) is 39.0. The van der Waals surface area contributed by atoms with Crippen LogP contribution in [0.25, 0.3) is 44.5 Å². The molecule has 0 saturated carbocycles. The third-order valence-electron chi connectivity index (χ3n) is 17.3. The molecular formula is C77H82N2O. The SMILES string of the molecule is C=COc1ccc(-c2ccc(N(c3ccccc3)c3ccc4c(c3)C(CCCCCC)(CCCCCC)c3cc(N(C)c5ccc(-c6ccc(C(C)(CC(C)C)c7ccc(-c8ccc(C)cc8)cc7)cc6)cc5)ccc3-4)cc2)cc1. The number of para-hydroxylation sites is 1. The normalized spacial score (nSPS) is 13.1. The number of anilines is 5. The van der Waals surface area contributed by atoms with E-state index in [1.165, 1.54) is 136 Å². The first kappa shape index (κ1) is 55.4. The van der Waals surface area contributed by atoms with Crippen LogP contribution in [-0.4, -0.2) is 7.05 Å². The van der Waals surface area contributed by atoms with Gasteiger partial charge in [0.15, 0.2) is 0 Å². The summed E-state index contributed by atoms with van der Waals surface area (Å²) >= 11 is 0. The molecule has 10 rings (SSSR count). The summed E-state index contributed by atoms with van der Waals surface area (Å²) in [4.78, 5) is 4.84. The summed E-state index contributed by atoms with van der Waals surface area (Å²) in [5, 5.41) is 0. The number of hydrogen-bond donors (Lipinski definition) is 0. The van der Waals surface area contributed by atoms with Gasteiger partial charge in [-0.05, 0) is 172 Å². The molecule has 1 aliphatic carbocycles. The molecule has 0 aromatic heterocycles. The zero-order valence-electron chi connectivity index (χ0n) is 48.6. The van der Waals surface area contributed by atoms with Crippen LogP contribution in [0.4, 0.5) is 28.4 Å². The number of ether oxygens (including phenoxy) is 1. The van der Waals surface area contributed by atoms with Crippen molar-refractivity contribution in [2.75, 3.05) is 16.8 Å². The molecule has 0 heterocycles. The van der Waals surface area contributed by atoms with Crippen molar-refractivity contribution in [3.63, 3.8) is 0 Å². The molecule has 1 atom stereocenters. The molecule has 1 aliphatic rings. The van der Waals surface area contributed by atoms with E-state index in [4.69, 9.17) is 4.74 Å². The van der Waals surface area contributed by atoms with Crippen LogP contribution in [0.3, 0.4) is 0 Å². The zero-order chi connectivity index (χ0) is 55.6. The molecule has 406 valence electrons. The van der Waals surface area contributed by atoms with E-state index in [9.17, 15) is 0 Å². The molecule has 3 nitrogen and oxygen atoms in total. The van der Waals surface area contributed by atoms with Gasteiger partial charge in [-0.3, -0.25) is 0 Å². The molecular weight excluding hydrogens is 969 g/mol. The van der Waals surface area contributed by atoms with Gasteiger partial charge in [-0.25, -0.2) is 0 Å². The lowest BCUT2D eigenvalue weighted by atomic mass is 9.70. The van der Waals surface area contributed by atoms with Crippen LogP contribution in [-0.2, 0) is 10.8 Å². The van der Waals surface area contributed by atoms with Gasteiger partial charge >= 0.3 is 0 Å². The Bertz CT molecular complexity index is 3440. The predicted octanol–water partition coefficient (Wildman–Crippen LogP) is 22.3. The number of benzene rings is 9. The third kappa shape index (κ3) is 11.9. The van der Waals surface area contributed by atoms with Crippen molar-refractivity contribution in [2.24, 2.45) is 5.92 Å². The van der Waals surface area contributed by atoms with Gasteiger partial charge in [0.2, 0.25) is 0 Å². The zero-order valence-corrected chi connectivity index (χ0v) is 48.6. The Hall–Kier alpha value is -7.88. The Morgan fingerprint density at radius 2 is 0.887 bits per heavy atom. The molecule has 3 heteroatoms. The topological polar surface area (TPSA) is 15.7 Å². The summed E-state index contributed by atoms with van der Waals surface area (Å²) in [5.41, 5.74) is 22.7. The van der Waals surface area contributed by atoms with E-state index in [1.807, 2.05) is 12.1 Å². The first-order valence-electron chi connectivity index (χ1n) is 29.8. The summed E-state index contributed by atoms with van der Waals surface area (Å²) in [7, 11) is 2.24. The largest absolute Gasteiger partial charge is 0.466 e. The Kier molecular flexibility index (Phi) is 17.4. The van der Waals surface area contributed by atoms with Crippen molar-refractivity contribution < 1.29 is 4.74 Å². The quantitative estimate of drug-likeness (QED) is 0.0443. The summed E-state index contributed by atoms with van der Waals surface area (Å²) in [6.45, 7) is 17.6. The van der Waals surface area contributed by atoms with Gasteiger partial charge in [0.05, 0.1) is 6.26 Å². The number of hydrogen-bond acceptors (Lipinski definition) is 3. The summed E-state index contributed by atoms with van der Waals surface area (Å²) < 4.78 is 5.52. The first-order valence-corrected chi connectivity index (χ1v) is 29.8. The highest BCUT2D eigenvalue weighted by Crippen LogP contribution is 2.57. The average molecular weight is 1050 g/mol. The lowest BCUT2D eigenvalue weighted by molar-refractivity contribution is 0.401. The standard InChI is InChI=1S/C77H82N2O/c1-9-12-14-19-51-77(52-20-15-13-10-2)74-53-69(45-49-72(74)73-50-46-70(54-75(73)77)79(67-21-17-16-18-22-67)68-43-33-62(34-44-68)63-35-47-71(48-36-63)80-11-3)78(8)66-41-31-61(32-42-66)60-29-39-65(40-30-60)76(7,55-56(4)5)64-37-27-59(28-38-64)58-25-23-57(6)24-26-58/h11,16-18,21-50,53-54,56H,3,9-10,12-15,19-20,51-52,55H2,1-2,4-8H3. The third-order valence-corrected chi connectivity index (χ3v) is 17.3. The van der Waals surface area contributed by atoms with Gasteiger partial charge in [0.25, 0.3) is 0 Å². The highest BCUT2D eigenvalue weighted by atomic mass is 16.5. The van der Waals surface area contributed by atoms with E-state index in [0.29, 0.717) is 5.92 Å². The van der Waals surface area contributed by atoms with Crippen molar-refractivity contribution in [3.8, 4) is 50.3 Å². The molecule has 0 saturated heterocycles. The van der Waals surface area contributed by atoms with E-state index in [2.05, 4.69) is 265 Å². The lowest BCUT2D eigenvalue weighted by Gasteiger charge is -2.35. The fraction of sp³-hybridized carbons (Fsp3) is 0.273. The summed E-state index contributed by atoms with van der Waals surface area (Å²) in [6, 6.07) is 79.6. The van der Waals surface area contributed by atoms with Crippen molar-refractivity contribution in [1.29, 1.82) is 0 Å². The number of unbranched alkanes of at least 4 members (excludes halogenated alkanes) is 6. The molecule has 80 heavy (non-hydrogen) atoms. The Morgan fingerprint density at radius 3 is 1.36 bits per heavy atom. The maximum atomic E-state index is 5.52. The van der Waals surface area contributed by atoms with Crippen LogP contribution < -0.4 is 14.5 Å². The Balaban J connectivity index is 0.953. The van der Waals surface area contributed by atoms with Crippen molar-refractivity contribution >= 4 is 28.4 Å². The van der Waals surface area contributed by atoms with Gasteiger partial charge in [0.1, 0.15) is 5.75 Å². The van der Waals surface area contributed by atoms with Gasteiger partial charge < -0.3 is 14.5 Å². The van der Waals surface area contributed by atoms with Crippen LogP contribution in [0, 0.1) is 12.8 Å². The molecule has 9 aromatic carbocycles. The van der Waals surface area contributed by atoms with Crippen LogP contribution in [0.15, 0.2) is 225 Å². The highest BCUT2D eigenvalue weighted by molar-refractivity contribution is 5.88. The van der Waals surface area contributed by atoms with Crippen LogP contribution in [0.2, 0.25) is 0 Å². The molecule has 9 aromatic rings. The second-order valence-electron chi connectivity index (χ2n) is 23.2. The fourth-order valence-electron chi connectivity index (χ4n) is 12.9. The Labute approximate surface area is 479 Å². The molecule has 0 aliphatic heterocycles. The number of nitrogens with zero attached hydrogens (tertiary/aromatic N) is 2. The van der Waals surface area contributed by atoms with E-state index < -0.39 is 0 Å². The number of aryl methyl sites for hydroxylation is 1. The molecule has 0 bridgehead atoms. The fourth-order valence-corrected chi connectivity index (χ4v) is 12.9. The monoisotopic (exact) mass is 1050 g/mol. The van der Waals surface area contributed by atoms with E-state index in [1.54, 1.807) is 0 Å². The Morgan fingerprint density at radius 1 is 0.475 bits per heavy atom. The summed E-state index contributed by atoms with van der Waals surface area (Å²) in [6.07, 6.45) is 14.7. The minimum Gasteiger partial charge on any atom is -0.466 e. The minimum atomic E-state index is -0.112. The van der Waals surface area contributed by atoms with Gasteiger partial charge in [-0.15, -0.1) is 0 Å². The van der Waals surface area contributed by atoms with Gasteiger partial charge in [0, 0.05) is 46.3 Å². The second-order valence-corrected chi connectivity index (χ2v) is 23.2. The van der Waals surface area contributed by atoms with Crippen LogP contribution >= 0.6 is 0 Å². The predicted molar refractivity (Wildman–Crippen MR) is 344 cm³/mol. The van der Waals surface area contributed by atoms with Crippen LogP contribution in [0.5, 0.6) is 5.75 Å². The molecule has 0 spiro atoms. The highest BCUT2D eigenvalue weighted by Gasteiger charge is 2.43. The van der Waals surface area contributed by atoms with Gasteiger partial charge in [-0.1, -0.05) is 238 Å². The molecule has 0 N–H and O–H groups in total. The number of rotatable bonds is 24. The molecule has 1 unspecified atom stereocenters. The molecule has 0 fully saturated rings. The smallest absolute Gasteiger partial charge is 0.126 e.